The van der Waals surface area contributed by atoms with Crippen molar-refractivity contribution in [1.29, 1.82) is 0 Å². The van der Waals surface area contributed by atoms with E-state index in [1.54, 1.807) is 0 Å². The summed E-state index contributed by atoms with van der Waals surface area (Å²) in [4.78, 5) is 10.2. The van der Waals surface area contributed by atoms with E-state index in [1.807, 2.05) is 6.20 Å². The first-order valence-corrected chi connectivity index (χ1v) is 15.0. The van der Waals surface area contributed by atoms with Gasteiger partial charge in [0.1, 0.15) is 5.82 Å². The first-order chi connectivity index (χ1) is 18.2. The minimum atomic E-state index is -0.190. The highest BCUT2D eigenvalue weighted by molar-refractivity contribution is 5.83. The van der Waals surface area contributed by atoms with Crippen LogP contribution in [0.2, 0.25) is 0 Å². The Morgan fingerprint density at radius 1 is 0.550 bits per heavy atom. The molecule has 0 aliphatic heterocycles. The second-order valence-corrected chi connectivity index (χ2v) is 16.2. The Labute approximate surface area is 244 Å². The second-order valence-electron chi connectivity index (χ2n) is 16.2. The van der Waals surface area contributed by atoms with E-state index in [-0.39, 0.29) is 32.5 Å². The Morgan fingerprint density at radius 3 is 1.68 bits per heavy atom. The monoisotopic (exact) mass is 536 g/mol. The molecule has 4 aromatic rings. The number of fused-ring (bicyclic) bond motifs is 2. The summed E-state index contributed by atoms with van der Waals surface area (Å²) >= 11 is 0. The molecule has 1 aromatic heterocycles. The van der Waals surface area contributed by atoms with Crippen LogP contribution in [-0.4, -0.2) is 9.97 Å². The molecule has 0 N–H and O–H groups in total. The standard InChI is InChI=1S/C38H52N2/c1-33(2,3)37(12,30-21-20-27-16-14-15-17-28(27)23-30)36(10,11)24-26-18-19-29-25-39-32(40-31(29)22-26)38(13,34(4,5)6)35(7,8)9/h14-23,25H,24H2,1-13H3. The third-order valence-corrected chi connectivity index (χ3v) is 10.9. The summed E-state index contributed by atoms with van der Waals surface area (Å²) in [6.45, 7) is 30.7. The minimum Gasteiger partial charge on any atom is -0.240 e. The molecule has 0 bridgehead atoms. The van der Waals surface area contributed by atoms with Crippen molar-refractivity contribution in [1.82, 2.24) is 9.97 Å². The highest BCUT2D eigenvalue weighted by Gasteiger charge is 2.51. The van der Waals surface area contributed by atoms with E-state index in [1.165, 1.54) is 21.9 Å². The smallest absolute Gasteiger partial charge is 0.135 e. The van der Waals surface area contributed by atoms with Gasteiger partial charge in [-0.25, -0.2) is 9.97 Å². The fourth-order valence-corrected chi connectivity index (χ4v) is 7.24. The maximum absolute atomic E-state index is 5.26. The van der Waals surface area contributed by atoms with Crippen LogP contribution in [-0.2, 0) is 17.3 Å². The summed E-state index contributed by atoms with van der Waals surface area (Å²) in [5.74, 6) is 0.937. The summed E-state index contributed by atoms with van der Waals surface area (Å²) in [6, 6.07) is 22.6. The van der Waals surface area contributed by atoms with Crippen molar-refractivity contribution in [2.24, 2.45) is 21.7 Å². The predicted molar refractivity (Wildman–Crippen MR) is 174 cm³/mol. The molecule has 1 atom stereocenters. The molecule has 1 unspecified atom stereocenters. The molecule has 0 saturated carbocycles. The SMILES string of the molecule is CC(C)(C)C(C)(c1ncc2ccc(CC(C)(C)C(C)(c3ccc4ccccc4c3)C(C)(C)C)cc2n1)C(C)(C)C. The number of rotatable bonds is 5. The molecule has 1 heterocycles. The van der Waals surface area contributed by atoms with Gasteiger partial charge in [0.05, 0.1) is 5.52 Å². The quantitative estimate of drug-likeness (QED) is 0.253. The molecule has 0 spiro atoms. The van der Waals surface area contributed by atoms with Gasteiger partial charge in [0.2, 0.25) is 0 Å². The number of aromatic nitrogens is 2. The average Bonchev–Trinajstić information content (AvgIpc) is 2.84. The number of hydrogen-bond acceptors (Lipinski definition) is 2. The van der Waals surface area contributed by atoms with Gasteiger partial charge in [-0.1, -0.05) is 145 Å². The van der Waals surface area contributed by atoms with Gasteiger partial charge in [-0.2, -0.15) is 0 Å². The molecule has 0 saturated heterocycles. The molecule has 214 valence electrons. The van der Waals surface area contributed by atoms with Gasteiger partial charge in [0.15, 0.2) is 0 Å². The van der Waals surface area contributed by atoms with Gasteiger partial charge in [-0.3, -0.25) is 0 Å². The van der Waals surface area contributed by atoms with Gasteiger partial charge < -0.3 is 0 Å². The lowest BCUT2D eigenvalue weighted by atomic mass is 9.50. The summed E-state index contributed by atoms with van der Waals surface area (Å²) in [5, 5.41) is 3.70. The zero-order valence-electron chi connectivity index (χ0n) is 27.5. The predicted octanol–water partition coefficient (Wildman–Crippen LogP) is 10.7. The van der Waals surface area contributed by atoms with Crippen molar-refractivity contribution in [3.8, 4) is 0 Å². The van der Waals surface area contributed by atoms with Crippen LogP contribution >= 0.6 is 0 Å². The van der Waals surface area contributed by atoms with Crippen LogP contribution in [0.15, 0.2) is 66.9 Å². The topological polar surface area (TPSA) is 25.8 Å². The Balaban J connectivity index is 1.80. The van der Waals surface area contributed by atoms with E-state index in [4.69, 9.17) is 9.97 Å². The van der Waals surface area contributed by atoms with E-state index in [0.29, 0.717) is 0 Å². The molecule has 2 heteroatoms. The number of hydrogen-bond donors (Lipinski definition) is 0. The summed E-state index contributed by atoms with van der Waals surface area (Å²) in [7, 11) is 0. The zero-order valence-corrected chi connectivity index (χ0v) is 27.5. The lowest BCUT2D eigenvalue weighted by Crippen LogP contribution is -2.50. The van der Waals surface area contributed by atoms with Crippen molar-refractivity contribution >= 4 is 21.7 Å². The largest absolute Gasteiger partial charge is 0.240 e. The third-order valence-electron chi connectivity index (χ3n) is 10.9. The van der Waals surface area contributed by atoms with Crippen LogP contribution in [0.1, 0.15) is 107 Å². The molecular weight excluding hydrogens is 484 g/mol. The first-order valence-electron chi connectivity index (χ1n) is 15.0. The molecule has 0 fully saturated rings. The van der Waals surface area contributed by atoms with Crippen molar-refractivity contribution in [3.05, 3.63) is 83.8 Å². The van der Waals surface area contributed by atoms with E-state index >= 15 is 0 Å². The highest BCUT2D eigenvalue weighted by atomic mass is 14.9. The van der Waals surface area contributed by atoms with Crippen LogP contribution in [0.3, 0.4) is 0 Å². The van der Waals surface area contributed by atoms with E-state index in [0.717, 1.165) is 23.1 Å². The minimum absolute atomic E-state index is 0.00685. The molecule has 2 nitrogen and oxygen atoms in total. The lowest BCUT2D eigenvalue weighted by Gasteiger charge is -2.54. The maximum atomic E-state index is 5.26. The van der Waals surface area contributed by atoms with Gasteiger partial charge >= 0.3 is 0 Å². The number of nitrogens with zero attached hydrogens (tertiary/aromatic N) is 2. The lowest BCUT2D eigenvalue weighted by molar-refractivity contribution is 0.0547. The summed E-state index contributed by atoms with van der Waals surface area (Å²) in [5.41, 5.74) is 3.54. The van der Waals surface area contributed by atoms with Crippen molar-refractivity contribution in [2.75, 3.05) is 0 Å². The van der Waals surface area contributed by atoms with Crippen LogP contribution in [0.25, 0.3) is 21.7 Å². The van der Waals surface area contributed by atoms with E-state index < -0.39 is 0 Å². The Morgan fingerprint density at radius 2 is 1.10 bits per heavy atom. The molecule has 0 radical (unpaired) electrons. The van der Waals surface area contributed by atoms with E-state index in [2.05, 4.69) is 151 Å². The molecule has 3 aromatic carbocycles. The second kappa shape index (κ2) is 9.68. The molecule has 0 aliphatic rings. The van der Waals surface area contributed by atoms with Crippen molar-refractivity contribution < 1.29 is 0 Å². The van der Waals surface area contributed by atoms with Crippen molar-refractivity contribution in [3.63, 3.8) is 0 Å². The van der Waals surface area contributed by atoms with Crippen LogP contribution in [0, 0.1) is 21.7 Å². The first kappa shape index (κ1) is 30.2. The molecule has 0 amide bonds. The molecule has 0 aliphatic carbocycles. The third kappa shape index (κ3) is 4.86. The Bertz CT molecular complexity index is 1510. The zero-order chi connectivity index (χ0) is 29.9. The Hall–Kier alpha value is -2.74. The molecule has 40 heavy (non-hydrogen) atoms. The summed E-state index contributed by atoms with van der Waals surface area (Å²) in [6.07, 6.45) is 2.98. The molecular formula is C38H52N2. The number of benzene rings is 3. The van der Waals surface area contributed by atoms with Gasteiger partial charge in [-0.15, -0.1) is 0 Å². The van der Waals surface area contributed by atoms with Crippen LogP contribution < -0.4 is 0 Å². The van der Waals surface area contributed by atoms with E-state index in [9.17, 15) is 0 Å². The summed E-state index contributed by atoms with van der Waals surface area (Å²) < 4.78 is 0. The highest BCUT2D eigenvalue weighted by Crippen LogP contribution is 2.55. The van der Waals surface area contributed by atoms with Gasteiger partial charge in [0.25, 0.3) is 0 Å². The fourth-order valence-electron chi connectivity index (χ4n) is 7.24. The van der Waals surface area contributed by atoms with Gasteiger partial charge in [-0.05, 0) is 56.0 Å². The fraction of sp³-hybridized carbons (Fsp3) is 0.526. The van der Waals surface area contributed by atoms with Crippen LogP contribution in [0.4, 0.5) is 0 Å². The Kier molecular flexibility index (Phi) is 7.31. The normalized spacial score (nSPS) is 15.4. The maximum Gasteiger partial charge on any atom is 0.135 e. The van der Waals surface area contributed by atoms with Crippen LogP contribution in [0.5, 0.6) is 0 Å². The van der Waals surface area contributed by atoms with Crippen molar-refractivity contribution in [2.45, 2.75) is 107 Å². The van der Waals surface area contributed by atoms with Gasteiger partial charge in [0, 0.05) is 22.4 Å². The molecule has 4 rings (SSSR count). The average molecular weight is 537 g/mol.